The molecule has 0 aromatic rings. The minimum atomic E-state index is -0.699. The van der Waals surface area contributed by atoms with E-state index in [4.69, 9.17) is 16.2 Å². The van der Waals surface area contributed by atoms with Crippen molar-refractivity contribution in [3.05, 3.63) is 0 Å². The second-order valence-electron chi connectivity index (χ2n) is 3.34. The number of aliphatic hydroxyl groups is 1. The molecule has 0 spiro atoms. The molecule has 0 bridgehead atoms. The van der Waals surface area contributed by atoms with Crippen LogP contribution in [0.25, 0.3) is 0 Å². The minimum Gasteiger partial charge on any atom is -0.389 e. The zero-order valence-corrected chi connectivity index (χ0v) is 8.64. The van der Waals surface area contributed by atoms with Crippen molar-refractivity contribution in [2.45, 2.75) is 12.1 Å². The Labute approximate surface area is 83.8 Å². The van der Waals surface area contributed by atoms with Crippen LogP contribution in [0, 0.1) is 0 Å². The maximum atomic E-state index is 10.6. The Morgan fingerprint density at radius 1 is 1.57 bits per heavy atom. The van der Waals surface area contributed by atoms with Crippen molar-refractivity contribution in [2.24, 2.45) is 11.5 Å². The van der Waals surface area contributed by atoms with Crippen molar-refractivity contribution >= 4 is 5.91 Å². The highest BCUT2D eigenvalue weighted by Gasteiger charge is 2.14. The number of methoxy groups -OCH3 is 1. The number of ether oxygens (including phenoxy) is 1. The van der Waals surface area contributed by atoms with E-state index >= 15 is 0 Å². The third kappa shape index (κ3) is 5.87. The molecule has 0 heterocycles. The smallest absolute Gasteiger partial charge is 0.235 e. The van der Waals surface area contributed by atoms with Crippen molar-refractivity contribution < 1.29 is 14.6 Å². The molecule has 0 rings (SSSR count). The Bertz CT molecular complexity index is 177. The molecule has 14 heavy (non-hydrogen) atoms. The quantitative estimate of drug-likeness (QED) is 0.435. The topological polar surface area (TPSA) is 102 Å². The first kappa shape index (κ1) is 13.3. The molecule has 0 aromatic carbocycles. The van der Waals surface area contributed by atoms with E-state index in [0.29, 0.717) is 13.1 Å². The normalized spacial score (nSPS) is 15.5. The summed E-state index contributed by atoms with van der Waals surface area (Å²) in [7, 11) is 3.26. The lowest BCUT2D eigenvalue weighted by Gasteiger charge is -2.21. The molecule has 0 aromatic heterocycles. The van der Waals surface area contributed by atoms with Crippen molar-refractivity contribution in [1.82, 2.24) is 4.90 Å². The Balaban J connectivity index is 3.74. The van der Waals surface area contributed by atoms with Crippen LogP contribution in [0.15, 0.2) is 0 Å². The van der Waals surface area contributed by atoms with E-state index < -0.39 is 18.1 Å². The molecule has 0 fully saturated rings. The average molecular weight is 205 g/mol. The van der Waals surface area contributed by atoms with E-state index in [1.165, 1.54) is 7.11 Å². The maximum absolute atomic E-state index is 10.6. The van der Waals surface area contributed by atoms with Crippen LogP contribution in [0.1, 0.15) is 0 Å². The van der Waals surface area contributed by atoms with Crippen LogP contribution in [0.5, 0.6) is 0 Å². The van der Waals surface area contributed by atoms with Crippen molar-refractivity contribution in [3.8, 4) is 0 Å². The fourth-order valence-corrected chi connectivity index (χ4v) is 1.11. The molecule has 0 saturated heterocycles. The van der Waals surface area contributed by atoms with E-state index in [0.717, 1.165) is 0 Å². The molecule has 0 saturated carbocycles. The third-order valence-corrected chi connectivity index (χ3v) is 1.76. The molecule has 5 N–H and O–H groups in total. The van der Waals surface area contributed by atoms with Gasteiger partial charge in [0.05, 0.1) is 18.8 Å². The van der Waals surface area contributed by atoms with Gasteiger partial charge in [0.1, 0.15) is 0 Å². The lowest BCUT2D eigenvalue weighted by atomic mass is 10.2. The SMILES string of the molecule is COCC(O)CN(C)CC(N)C(N)=O. The number of rotatable bonds is 7. The summed E-state index contributed by atoms with van der Waals surface area (Å²) in [6, 6.07) is -0.699. The Morgan fingerprint density at radius 3 is 2.57 bits per heavy atom. The molecule has 0 radical (unpaired) electrons. The van der Waals surface area contributed by atoms with Gasteiger partial charge in [-0.1, -0.05) is 0 Å². The van der Waals surface area contributed by atoms with Crippen molar-refractivity contribution in [2.75, 3.05) is 33.9 Å². The number of hydrogen-bond donors (Lipinski definition) is 3. The molecule has 2 atom stereocenters. The highest BCUT2D eigenvalue weighted by atomic mass is 16.5. The second-order valence-corrected chi connectivity index (χ2v) is 3.34. The zero-order chi connectivity index (χ0) is 11.1. The van der Waals surface area contributed by atoms with Crippen LogP contribution < -0.4 is 11.5 Å². The summed E-state index contributed by atoms with van der Waals surface area (Å²) in [5.74, 6) is -0.543. The highest BCUT2D eigenvalue weighted by Crippen LogP contribution is 1.91. The van der Waals surface area contributed by atoms with Crippen LogP contribution >= 0.6 is 0 Å². The van der Waals surface area contributed by atoms with E-state index in [2.05, 4.69) is 0 Å². The summed E-state index contributed by atoms with van der Waals surface area (Å²) in [6.07, 6.45) is -0.579. The number of amides is 1. The Kier molecular flexibility index (Phi) is 6.39. The Morgan fingerprint density at radius 2 is 2.14 bits per heavy atom. The number of carbonyl (C=O) groups is 1. The summed E-state index contributed by atoms with van der Waals surface area (Å²) in [5.41, 5.74) is 10.4. The number of nitrogens with zero attached hydrogens (tertiary/aromatic N) is 1. The number of aliphatic hydroxyl groups excluding tert-OH is 1. The third-order valence-electron chi connectivity index (χ3n) is 1.76. The van der Waals surface area contributed by atoms with E-state index in [9.17, 15) is 9.90 Å². The fraction of sp³-hybridized carbons (Fsp3) is 0.875. The summed E-state index contributed by atoms with van der Waals surface area (Å²) in [6.45, 7) is 0.987. The van der Waals surface area contributed by atoms with Crippen LogP contribution in [0.2, 0.25) is 0 Å². The molecule has 2 unspecified atom stereocenters. The van der Waals surface area contributed by atoms with Crippen molar-refractivity contribution in [3.63, 3.8) is 0 Å². The van der Waals surface area contributed by atoms with E-state index in [1.54, 1.807) is 11.9 Å². The van der Waals surface area contributed by atoms with E-state index in [-0.39, 0.29) is 6.61 Å². The average Bonchev–Trinajstić information content (AvgIpc) is 2.03. The summed E-state index contributed by atoms with van der Waals surface area (Å²) >= 11 is 0. The monoisotopic (exact) mass is 205 g/mol. The first-order valence-electron chi connectivity index (χ1n) is 4.37. The molecule has 6 heteroatoms. The highest BCUT2D eigenvalue weighted by molar-refractivity contribution is 5.79. The minimum absolute atomic E-state index is 0.260. The van der Waals surface area contributed by atoms with Crippen LogP contribution in [0.3, 0.4) is 0 Å². The molecule has 1 amide bonds. The van der Waals surface area contributed by atoms with Gasteiger partial charge in [-0.05, 0) is 7.05 Å². The summed E-state index contributed by atoms with van der Waals surface area (Å²) < 4.78 is 4.76. The van der Waals surface area contributed by atoms with Gasteiger partial charge in [-0.2, -0.15) is 0 Å². The molecule has 0 aliphatic carbocycles. The fourth-order valence-electron chi connectivity index (χ4n) is 1.11. The number of hydrogen-bond acceptors (Lipinski definition) is 5. The lowest BCUT2D eigenvalue weighted by molar-refractivity contribution is -0.119. The summed E-state index contributed by atoms with van der Waals surface area (Å²) in [5, 5.41) is 9.35. The van der Waals surface area contributed by atoms with Gasteiger partial charge in [-0.25, -0.2) is 0 Å². The van der Waals surface area contributed by atoms with Gasteiger partial charge in [0.2, 0.25) is 5.91 Å². The summed E-state index contributed by atoms with van der Waals surface area (Å²) in [4.78, 5) is 12.4. The molecule has 6 nitrogen and oxygen atoms in total. The first-order valence-corrected chi connectivity index (χ1v) is 4.37. The van der Waals surface area contributed by atoms with Crippen LogP contribution in [0.4, 0.5) is 0 Å². The van der Waals surface area contributed by atoms with Crippen molar-refractivity contribution in [1.29, 1.82) is 0 Å². The maximum Gasteiger partial charge on any atom is 0.235 e. The predicted molar refractivity (Wildman–Crippen MR) is 52.5 cm³/mol. The number of primary amides is 1. The number of likely N-dealkylation sites (N-methyl/N-ethyl adjacent to an activating group) is 1. The largest absolute Gasteiger partial charge is 0.389 e. The van der Waals surface area contributed by atoms with Crippen LogP contribution in [-0.4, -0.2) is 61.9 Å². The molecule has 0 aliphatic heterocycles. The number of carbonyl (C=O) groups excluding carboxylic acids is 1. The van der Waals surface area contributed by atoms with Gasteiger partial charge in [0.25, 0.3) is 0 Å². The molecule has 0 aliphatic rings. The zero-order valence-electron chi connectivity index (χ0n) is 8.64. The molecular weight excluding hydrogens is 186 g/mol. The van der Waals surface area contributed by atoms with Gasteiger partial charge >= 0.3 is 0 Å². The second kappa shape index (κ2) is 6.72. The Hall–Kier alpha value is -0.690. The lowest BCUT2D eigenvalue weighted by Crippen LogP contribution is -2.46. The first-order chi connectivity index (χ1) is 6.47. The molecule has 84 valence electrons. The van der Waals surface area contributed by atoms with Gasteiger partial charge in [0, 0.05) is 20.2 Å². The van der Waals surface area contributed by atoms with Gasteiger partial charge < -0.3 is 26.2 Å². The van der Waals surface area contributed by atoms with Gasteiger partial charge in [0.15, 0.2) is 0 Å². The van der Waals surface area contributed by atoms with Gasteiger partial charge in [-0.15, -0.1) is 0 Å². The van der Waals surface area contributed by atoms with E-state index in [1.807, 2.05) is 0 Å². The predicted octanol–water partition coefficient (Wildman–Crippen LogP) is -2.26. The standard InChI is InChI=1S/C8H19N3O3/c1-11(3-6(12)5-14-2)4-7(9)8(10)13/h6-7,12H,3-5,9H2,1-2H3,(H2,10,13). The van der Waals surface area contributed by atoms with Gasteiger partial charge in [-0.3, -0.25) is 4.79 Å². The van der Waals surface area contributed by atoms with Crippen LogP contribution in [-0.2, 0) is 9.53 Å². The molecular formula is C8H19N3O3. The number of nitrogens with two attached hydrogens (primary N) is 2.